The number of urea groups is 1. The Kier molecular flexibility index (Phi) is 5.37. The van der Waals surface area contributed by atoms with Crippen molar-refractivity contribution in [1.82, 2.24) is 45.7 Å². The molecule has 1 aliphatic rings. The summed E-state index contributed by atoms with van der Waals surface area (Å²) in [6.07, 6.45) is 8.86. The summed E-state index contributed by atoms with van der Waals surface area (Å²) in [5.41, 5.74) is 6.82. The third kappa shape index (κ3) is 4.16. The number of carbonyl (C=O) groups excluding carboxylic acids is 1. The number of pyridine rings is 2. The number of carbonyl (C=O) groups is 1. The Bertz CT molecular complexity index is 1710. The van der Waals surface area contributed by atoms with Crippen molar-refractivity contribution in [2.75, 3.05) is 20.6 Å². The number of halogens is 1. The molecule has 5 aromatic rings. The summed E-state index contributed by atoms with van der Waals surface area (Å²) in [5.74, 6) is 0.284. The predicted octanol–water partition coefficient (Wildman–Crippen LogP) is 3.80. The molecule has 10 nitrogen and oxygen atoms in total. The normalized spacial score (nSPS) is 13.3. The van der Waals surface area contributed by atoms with Crippen LogP contribution in [-0.2, 0) is 0 Å². The SMILES string of the molecule is CN(C)C(=O)NC1=CNCC(c2cnc3n[nH]c(-c4nc5c(-c6ccc(F)cc6)cncc5[nH]4)c3c2)=C1. The molecule has 4 aromatic heterocycles. The van der Waals surface area contributed by atoms with Gasteiger partial charge >= 0.3 is 6.03 Å². The number of fused-ring (bicyclic) bond motifs is 2. The third-order valence-corrected chi connectivity index (χ3v) is 6.10. The van der Waals surface area contributed by atoms with E-state index in [1.54, 1.807) is 51.0 Å². The zero-order chi connectivity index (χ0) is 25.5. The molecule has 6 rings (SSSR count). The van der Waals surface area contributed by atoms with Gasteiger partial charge < -0.3 is 20.5 Å². The zero-order valence-electron chi connectivity index (χ0n) is 20.0. The number of amides is 2. The highest BCUT2D eigenvalue weighted by Crippen LogP contribution is 2.31. The van der Waals surface area contributed by atoms with E-state index in [-0.39, 0.29) is 11.8 Å². The van der Waals surface area contributed by atoms with Gasteiger partial charge in [-0.05, 0) is 41.0 Å². The van der Waals surface area contributed by atoms with Crippen LogP contribution in [0.15, 0.2) is 66.9 Å². The van der Waals surface area contributed by atoms with Crippen molar-refractivity contribution in [3.63, 3.8) is 0 Å². The number of aromatic amines is 2. The smallest absolute Gasteiger partial charge is 0.321 e. The van der Waals surface area contributed by atoms with Gasteiger partial charge in [-0.1, -0.05) is 12.1 Å². The van der Waals surface area contributed by atoms with Gasteiger partial charge in [0.15, 0.2) is 11.5 Å². The average Bonchev–Trinajstić information content (AvgIpc) is 3.53. The maximum atomic E-state index is 13.4. The Hall–Kier alpha value is -5.06. The maximum absolute atomic E-state index is 13.4. The number of nitrogens with zero attached hydrogens (tertiary/aromatic N) is 5. The number of rotatable bonds is 4. The van der Waals surface area contributed by atoms with Gasteiger partial charge in [-0.2, -0.15) is 5.10 Å². The van der Waals surface area contributed by atoms with Crippen LogP contribution in [0.1, 0.15) is 5.56 Å². The highest BCUT2D eigenvalue weighted by Gasteiger charge is 2.18. The van der Waals surface area contributed by atoms with Crippen LogP contribution < -0.4 is 10.6 Å². The molecular weight excluding hydrogens is 473 g/mol. The fraction of sp³-hybridized carbons (Fsp3) is 0.115. The highest BCUT2D eigenvalue weighted by molar-refractivity contribution is 5.96. The highest BCUT2D eigenvalue weighted by atomic mass is 19.1. The Labute approximate surface area is 210 Å². The number of hydrogen-bond acceptors (Lipinski definition) is 6. The van der Waals surface area contributed by atoms with Crippen molar-refractivity contribution in [3.05, 3.63) is 78.3 Å². The van der Waals surface area contributed by atoms with Gasteiger partial charge in [0.2, 0.25) is 0 Å². The van der Waals surface area contributed by atoms with E-state index in [4.69, 9.17) is 4.98 Å². The largest absolute Gasteiger partial charge is 0.385 e. The van der Waals surface area contributed by atoms with Crippen molar-refractivity contribution in [1.29, 1.82) is 0 Å². The Morgan fingerprint density at radius 1 is 1.11 bits per heavy atom. The molecule has 0 atom stereocenters. The van der Waals surface area contributed by atoms with Gasteiger partial charge in [0.1, 0.15) is 11.5 Å². The lowest BCUT2D eigenvalue weighted by Crippen LogP contribution is -2.35. The number of hydrogen-bond donors (Lipinski definition) is 4. The monoisotopic (exact) mass is 495 g/mol. The first kappa shape index (κ1) is 22.4. The molecule has 0 bridgehead atoms. The molecule has 1 aliphatic heterocycles. The van der Waals surface area contributed by atoms with Crippen molar-refractivity contribution >= 4 is 33.7 Å². The first-order valence-corrected chi connectivity index (χ1v) is 11.5. The molecule has 0 saturated carbocycles. The second-order valence-corrected chi connectivity index (χ2v) is 8.84. The molecule has 1 aromatic carbocycles. The lowest BCUT2D eigenvalue weighted by atomic mass is 10.0. The number of dihydropyridines is 1. The first-order chi connectivity index (χ1) is 18.0. The van der Waals surface area contributed by atoms with Crippen LogP contribution in [0.4, 0.5) is 9.18 Å². The second-order valence-electron chi connectivity index (χ2n) is 8.84. The summed E-state index contributed by atoms with van der Waals surface area (Å²) < 4.78 is 13.4. The summed E-state index contributed by atoms with van der Waals surface area (Å²) in [5, 5.41) is 14.2. The molecule has 0 aliphatic carbocycles. The van der Waals surface area contributed by atoms with E-state index in [1.165, 1.54) is 17.0 Å². The van der Waals surface area contributed by atoms with E-state index in [0.29, 0.717) is 34.9 Å². The minimum atomic E-state index is -0.301. The molecule has 37 heavy (non-hydrogen) atoms. The topological polar surface area (TPSA) is 128 Å². The summed E-state index contributed by atoms with van der Waals surface area (Å²) in [6.45, 7) is 0.582. The van der Waals surface area contributed by atoms with Crippen LogP contribution in [0, 0.1) is 5.82 Å². The van der Waals surface area contributed by atoms with Crippen molar-refractivity contribution in [2.45, 2.75) is 0 Å². The molecule has 0 radical (unpaired) electrons. The lowest BCUT2D eigenvalue weighted by molar-refractivity contribution is 0.220. The number of H-pyrrole nitrogens is 2. The number of imidazole rings is 1. The van der Waals surface area contributed by atoms with Gasteiger partial charge in [0.25, 0.3) is 0 Å². The number of allylic oxidation sites excluding steroid dienone is 1. The van der Waals surface area contributed by atoms with Gasteiger partial charge in [-0.25, -0.2) is 19.2 Å². The Morgan fingerprint density at radius 2 is 1.95 bits per heavy atom. The van der Waals surface area contributed by atoms with Gasteiger partial charge in [0, 0.05) is 44.8 Å². The van der Waals surface area contributed by atoms with E-state index < -0.39 is 0 Å². The summed E-state index contributed by atoms with van der Waals surface area (Å²) >= 11 is 0. The molecular formula is C26H22FN9O. The molecule has 11 heteroatoms. The van der Waals surface area contributed by atoms with E-state index in [1.807, 2.05) is 12.1 Å². The first-order valence-electron chi connectivity index (χ1n) is 11.5. The van der Waals surface area contributed by atoms with Gasteiger partial charge in [0.05, 0.1) is 28.3 Å². The van der Waals surface area contributed by atoms with Crippen LogP contribution >= 0.6 is 0 Å². The average molecular weight is 496 g/mol. The van der Waals surface area contributed by atoms with Crippen molar-refractivity contribution < 1.29 is 9.18 Å². The van der Waals surface area contributed by atoms with Gasteiger partial charge in [-0.15, -0.1) is 0 Å². The Balaban J connectivity index is 1.38. The molecule has 2 amide bonds. The van der Waals surface area contributed by atoms with E-state index >= 15 is 0 Å². The minimum Gasteiger partial charge on any atom is -0.385 e. The third-order valence-electron chi connectivity index (χ3n) is 6.10. The predicted molar refractivity (Wildman–Crippen MR) is 138 cm³/mol. The fourth-order valence-corrected chi connectivity index (χ4v) is 4.19. The standard InChI is InChI=1S/C26H22FN9O/c1-36(2)26(37)31-18-7-15(9-28-11-18)16-8-19-23(34-35-24(19)30-10-16)25-32-21-13-29-12-20(22(21)33-25)14-3-5-17(27)6-4-14/h3-8,10-13,28H,9H2,1-2H3,(H,31,37)(H,32,33)(H,30,34,35). The number of benzene rings is 1. The van der Waals surface area contributed by atoms with Crippen LogP contribution in [0.3, 0.4) is 0 Å². The fourth-order valence-electron chi connectivity index (χ4n) is 4.19. The molecule has 0 unspecified atom stereocenters. The van der Waals surface area contributed by atoms with Gasteiger partial charge in [-0.3, -0.25) is 10.1 Å². The van der Waals surface area contributed by atoms with E-state index in [9.17, 15) is 9.18 Å². The molecule has 5 heterocycles. The van der Waals surface area contributed by atoms with Crippen LogP contribution in [0.25, 0.3) is 50.3 Å². The van der Waals surface area contributed by atoms with Crippen molar-refractivity contribution in [3.8, 4) is 22.6 Å². The zero-order valence-corrected chi connectivity index (χ0v) is 20.0. The van der Waals surface area contributed by atoms with Crippen LogP contribution in [0.5, 0.6) is 0 Å². The minimum absolute atomic E-state index is 0.212. The number of aromatic nitrogens is 6. The number of nitrogens with one attached hydrogen (secondary N) is 4. The lowest BCUT2D eigenvalue weighted by Gasteiger charge is -2.18. The molecule has 0 fully saturated rings. The molecule has 4 N–H and O–H groups in total. The van der Waals surface area contributed by atoms with E-state index in [0.717, 1.165) is 33.2 Å². The Morgan fingerprint density at radius 3 is 2.76 bits per heavy atom. The summed E-state index contributed by atoms with van der Waals surface area (Å²) in [6, 6.07) is 8.03. The van der Waals surface area contributed by atoms with Crippen molar-refractivity contribution in [2.24, 2.45) is 0 Å². The maximum Gasteiger partial charge on any atom is 0.321 e. The quantitative estimate of drug-likeness (QED) is 0.300. The second kappa shape index (κ2) is 8.86. The molecule has 0 spiro atoms. The van der Waals surface area contributed by atoms with Crippen LogP contribution in [0.2, 0.25) is 0 Å². The molecule has 0 saturated heterocycles. The molecule has 184 valence electrons. The summed E-state index contributed by atoms with van der Waals surface area (Å²) in [4.78, 5) is 30.5. The summed E-state index contributed by atoms with van der Waals surface area (Å²) in [7, 11) is 3.37. The van der Waals surface area contributed by atoms with Crippen LogP contribution in [-0.4, -0.2) is 61.7 Å². The van der Waals surface area contributed by atoms with E-state index in [2.05, 4.69) is 35.8 Å².